The van der Waals surface area contributed by atoms with Gasteiger partial charge in [-0.3, -0.25) is 9.55 Å². The minimum Gasteiger partial charge on any atom is -0.323 e. The van der Waals surface area contributed by atoms with Crippen LogP contribution >= 0.6 is 11.3 Å². The highest BCUT2D eigenvalue weighted by atomic mass is 32.1. The Labute approximate surface area is 136 Å². The standard InChI is InChI=1S/C16H15N5OS/c22-15(20-7-3-4-8-20)19-16-21(9-10-23-16)14-11-17-12-5-1-2-6-13(12)18-14/h1-2,5-6,9-11H,3-4,7-8H2/b19-16-. The van der Waals surface area contributed by atoms with Crippen LogP contribution in [0.5, 0.6) is 0 Å². The van der Waals surface area contributed by atoms with E-state index in [0.717, 1.165) is 37.0 Å². The van der Waals surface area contributed by atoms with E-state index in [4.69, 9.17) is 0 Å². The summed E-state index contributed by atoms with van der Waals surface area (Å²) in [5.74, 6) is 0.665. The highest BCUT2D eigenvalue weighted by molar-refractivity contribution is 7.07. The molecule has 0 radical (unpaired) electrons. The van der Waals surface area contributed by atoms with Gasteiger partial charge in [0.1, 0.15) is 0 Å². The summed E-state index contributed by atoms with van der Waals surface area (Å²) in [7, 11) is 0. The van der Waals surface area contributed by atoms with Gasteiger partial charge in [0, 0.05) is 24.7 Å². The van der Waals surface area contributed by atoms with Gasteiger partial charge in [0.25, 0.3) is 0 Å². The van der Waals surface area contributed by atoms with Crippen molar-refractivity contribution in [3.63, 3.8) is 0 Å². The zero-order chi connectivity index (χ0) is 15.6. The predicted octanol–water partition coefficient (Wildman–Crippen LogP) is 2.60. The Morgan fingerprint density at radius 3 is 2.78 bits per heavy atom. The number of carbonyl (C=O) groups is 1. The smallest absolute Gasteiger partial charge is 0.323 e. The van der Waals surface area contributed by atoms with E-state index in [1.807, 2.05) is 35.8 Å². The molecule has 0 bridgehead atoms. The van der Waals surface area contributed by atoms with Crippen LogP contribution < -0.4 is 4.80 Å². The molecular formula is C16H15N5OS. The third-order valence-electron chi connectivity index (χ3n) is 3.84. The van der Waals surface area contributed by atoms with Gasteiger partial charge in [-0.1, -0.05) is 12.1 Å². The number of para-hydroxylation sites is 2. The lowest BCUT2D eigenvalue weighted by atomic mass is 10.3. The maximum atomic E-state index is 12.2. The molecule has 0 unspecified atom stereocenters. The summed E-state index contributed by atoms with van der Waals surface area (Å²) in [4.78, 5) is 27.9. The number of rotatable bonds is 1. The Morgan fingerprint density at radius 2 is 1.96 bits per heavy atom. The minimum absolute atomic E-state index is 0.174. The second-order valence-corrected chi connectivity index (χ2v) is 6.23. The molecule has 0 N–H and O–H groups in total. The van der Waals surface area contributed by atoms with Crippen molar-refractivity contribution in [1.82, 2.24) is 19.4 Å². The first-order valence-electron chi connectivity index (χ1n) is 7.53. The highest BCUT2D eigenvalue weighted by Crippen LogP contribution is 2.11. The van der Waals surface area contributed by atoms with Crippen LogP contribution in [0.25, 0.3) is 16.9 Å². The summed E-state index contributed by atoms with van der Waals surface area (Å²) >= 11 is 1.42. The summed E-state index contributed by atoms with van der Waals surface area (Å²) < 4.78 is 1.80. The molecule has 2 amide bonds. The highest BCUT2D eigenvalue weighted by Gasteiger charge is 2.17. The summed E-state index contributed by atoms with van der Waals surface area (Å²) in [5.41, 5.74) is 1.67. The first-order valence-corrected chi connectivity index (χ1v) is 8.41. The average molecular weight is 325 g/mol. The van der Waals surface area contributed by atoms with Crippen LogP contribution in [0, 0.1) is 0 Å². The molecule has 1 saturated heterocycles. The Morgan fingerprint density at radius 1 is 1.17 bits per heavy atom. The number of amides is 2. The monoisotopic (exact) mass is 325 g/mol. The maximum Gasteiger partial charge on any atom is 0.346 e. The van der Waals surface area contributed by atoms with Crippen molar-refractivity contribution in [2.24, 2.45) is 4.99 Å². The Bertz CT molecular complexity index is 923. The molecule has 1 aliphatic heterocycles. The first-order chi connectivity index (χ1) is 11.3. The zero-order valence-corrected chi connectivity index (χ0v) is 13.2. The van der Waals surface area contributed by atoms with Gasteiger partial charge < -0.3 is 4.90 Å². The van der Waals surface area contributed by atoms with E-state index in [1.165, 1.54) is 11.3 Å². The van der Waals surface area contributed by atoms with Crippen LogP contribution in [0.4, 0.5) is 4.79 Å². The van der Waals surface area contributed by atoms with Gasteiger partial charge in [-0.05, 0) is 25.0 Å². The van der Waals surface area contributed by atoms with Crippen molar-refractivity contribution in [2.45, 2.75) is 12.8 Å². The van der Waals surface area contributed by atoms with E-state index in [0.29, 0.717) is 10.6 Å². The largest absolute Gasteiger partial charge is 0.346 e. The molecule has 0 saturated carbocycles. The first kappa shape index (κ1) is 14.1. The Balaban J connectivity index is 1.74. The van der Waals surface area contributed by atoms with Crippen LogP contribution in [-0.2, 0) is 0 Å². The molecule has 2 aromatic heterocycles. The molecule has 7 heteroatoms. The fraction of sp³-hybridized carbons (Fsp3) is 0.250. The van der Waals surface area contributed by atoms with Crippen LogP contribution in [0.2, 0.25) is 0 Å². The molecule has 3 aromatic rings. The normalized spacial score (nSPS) is 15.5. The molecule has 1 aliphatic rings. The number of hydrogen-bond acceptors (Lipinski definition) is 4. The van der Waals surface area contributed by atoms with Gasteiger partial charge in [-0.2, -0.15) is 4.99 Å². The number of urea groups is 1. The third-order valence-corrected chi connectivity index (χ3v) is 4.60. The van der Waals surface area contributed by atoms with Crippen LogP contribution in [0.1, 0.15) is 12.8 Å². The molecule has 0 spiro atoms. The van der Waals surface area contributed by atoms with Gasteiger partial charge in [-0.25, -0.2) is 9.78 Å². The van der Waals surface area contributed by atoms with Crippen molar-refractivity contribution in [2.75, 3.05) is 13.1 Å². The SMILES string of the molecule is O=C(/N=c1\sccn1-c1cnc2ccccc2n1)N1CCCC1. The van der Waals surface area contributed by atoms with Crippen LogP contribution in [0.15, 0.2) is 47.0 Å². The molecule has 6 nitrogen and oxygen atoms in total. The summed E-state index contributed by atoms with van der Waals surface area (Å²) in [6, 6.07) is 7.54. The summed E-state index contributed by atoms with van der Waals surface area (Å²) in [5, 5.41) is 1.90. The fourth-order valence-electron chi connectivity index (χ4n) is 2.65. The molecule has 3 heterocycles. The van der Waals surface area contributed by atoms with E-state index >= 15 is 0 Å². The lowest BCUT2D eigenvalue weighted by Gasteiger charge is -2.10. The lowest BCUT2D eigenvalue weighted by Crippen LogP contribution is -2.27. The van der Waals surface area contributed by atoms with E-state index < -0.39 is 0 Å². The van der Waals surface area contributed by atoms with E-state index in [9.17, 15) is 4.79 Å². The fourth-order valence-corrected chi connectivity index (χ4v) is 3.35. The number of nitrogens with zero attached hydrogens (tertiary/aromatic N) is 5. The molecule has 1 aromatic carbocycles. The van der Waals surface area contributed by atoms with Crippen molar-refractivity contribution >= 4 is 28.4 Å². The molecule has 23 heavy (non-hydrogen) atoms. The van der Waals surface area contributed by atoms with E-state index in [1.54, 1.807) is 15.7 Å². The van der Waals surface area contributed by atoms with E-state index in [2.05, 4.69) is 15.0 Å². The van der Waals surface area contributed by atoms with Gasteiger partial charge >= 0.3 is 6.03 Å². The molecular weight excluding hydrogens is 310 g/mol. The number of hydrogen-bond donors (Lipinski definition) is 0. The molecule has 116 valence electrons. The number of aromatic nitrogens is 3. The van der Waals surface area contributed by atoms with Crippen molar-refractivity contribution in [3.8, 4) is 5.82 Å². The minimum atomic E-state index is -0.174. The van der Waals surface area contributed by atoms with Crippen LogP contribution in [-0.4, -0.2) is 38.6 Å². The average Bonchev–Trinajstić information content (AvgIpc) is 3.26. The number of fused-ring (bicyclic) bond motifs is 1. The zero-order valence-electron chi connectivity index (χ0n) is 12.4. The van der Waals surface area contributed by atoms with Gasteiger partial charge in [0.15, 0.2) is 10.6 Å². The van der Waals surface area contributed by atoms with Crippen molar-refractivity contribution in [3.05, 3.63) is 46.8 Å². The number of carbonyl (C=O) groups excluding carboxylic acids is 1. The topological polar surface area (TPSA) is 63.4 Å². The van der Waals surface area contributed by atoms with Crippen molar-refractivity contribution in [1.29, 1.82) is 0 Å². The lowest BCUT2D eigenvalue weighted by molar-refractivity contribution is 0.218. The second-order valence-electron chi connectivity index (χ2n) is 5.36. The molecule has 0 atom stereocenters. The third kappa shape index (κ3) is 2.75. The number of likely N-dealkylation sites (tertiary alicyclic amines) is 1. The molecule has 0 aliphatic carbocycles. The summed E-state index contributed by atoms with van der Waals surface area (Å²) in [6.07, 6.45) is 5.68. The Kier molecular flexibility index (Phi) is 3.63. The molecule has 1 fully saturated rings. The van der Waals surface area contributed by atoms with Crippen LogP contribution in [0.3, 0.4) is 0 Å². The number of benzene rings is 1. The Hall–Kier alpha value is -2.54. The second kappa shape index (κ2) is 5.92. The van der Waals surface area contributed by atoms with E-state index in [-0.39, 0.29) is 6.03 Å². The van der Waals surface area contributed by atoms with Gasteiger partial charge in [-0.15, -0.1) is 11.3 Å². The summed E-state index contributed by atoms with van der Waals surface area (Å²) in [6.45, 7) is 1.59. The van der Waals surface area contributed by atoms with Gasteiger partial charge in [0.05, 0.1) is 17.2 Å². The maximum absolute atomic E-state index is 12.2. The van der Waals surface area contributed by atoms with Gasteiger partial charge in [0.2, 0.25) is 0 Å². The molecule has 4 rings (SSSR count). The number of thiazole rings is 1. The quantitative estimate of drug-likeness (QED) is 0.691. The predicted molar refractivity (Wildman–Crippen MR) is 88.5 cm³/mol. The van der Waals surface area contributed by atoms with Crippen molar-refractivity contribution < 1.29 is 4.79 Å².